The molecule has 0 spiro atoms. The molecular formula is C15H13ClO2. The predicted molar refractivity (Wildman–Crippen MR) is 72.7 cm³/mol. The Hall–Kier alpha value is -1.80. The molecule has 0 saturated carbocycles. The van der Waals surface area contributed by atoms with E-state index in [0.717, 1.165) is 12.7 Å². The number of ether oxygens (including phenoxy) is 1. The highest BCUT2D eigenvalue weighted by Gasteiger charge is 2.05. The Bertz CT molecular complexity index is 547. The summed E-state index contributed by atoms with van der Waals surface area (Å²) in [5, 5.41) is 0.542. The maximum atomic E-state index is 10.9. The molecule has 0 aromatic heterocycles. The van der Waals surface area contributed by atoms with Gasteiger partial charge in [0, 0.05) is 11.1 Å². The van der Waals surface area contributed by atoms with Crippen molar-refractivity contribution in [2.45, 2.75) is 13.3 Å². The van der Waals surface area contributed by atoms with Crippen LogP contribution in [-0.2, 0) is 6.42 Å². The topological polar surface area (TPSA) is 26.3 Å². The molecule has 2 aromatic rings. The van der Waals surface area contributed by atoms with Crippen LogP contribution in [0.15, 0.2) is 42.5 Å². The molecule has 0 heterocycles. The second kappa shape index (κ2) is 5.69. The molecule has 3 heteroatoms. The number of hydrogen-bond donors (Lipinski definition) is 0. The Balaban J connectivity index is 2.27. The number of benzene rings is 2. The quantitative estimate of drug-likeness (QED) is 0.756. The van der Waals surface area contributed by atoms with E-state index in [-0.39, 0.29) is 0 Å². The van der Waals surface area contributed by atoms with Gasteiger partial charge in [0.25, 0.3) is 0 Å². The molecule has 0 amide bonds. The van der Waals surface area contributed by atoms with Crippen molar-refractivity contribution in [2.24, 2.45) is 0 Å². The number of aryl methyl sites for hydroxylation is 1. The van der Waals surface area contributed by atoms with Crippen molar-refractivity contribution in [3.8, 4) is 11.5 Å². The molecule has 0 aliphatic carbocycles. The Kier molecular flexibility index (Phi) is 4.00. The molecule has 0 aliphatic rings. The highest BCUT2D eigenvalue weighted by molar-refractivity contribution is 6.30. The van der Waals surface area contributed by atoms with Crippen molar-refractivity contribution in [3.63, 3.8) is 0 Å². The van der Waals surface area contributed by atoms with E-state index in [4.69, 9.17) is 16.3 Å². The van der Waals surface area contributed by atoms with Crippen LogP contribution in [0.3, 0.4) is 0 Å². The number of carbonyl (C=O) groups excluding carboxylic acids is 1. The van der Waals surface area contributed by atoms with Crippen LogP contribution in [0, 0.1) is 0 Å². The molecule has 0 N–H and O–H groups in total. The fourth-order valence-corrected chi connectivity index (χ4v) is 1.78. The summed E-state index contributed by atoms with van der Waals surface area (Å²) < 4.78 is 5.67. The van der Waals surface area contributed by atoms with Gasteiger partial charge < -0.3 is 4.74 Å². The van der Waals surface area contributed by atoms with Gasteiger partial charge in [0.05, 0.1) is 5.56 Å². The minimum absolute atomic E-state index is 0.474. The molecule has 0 radical (unpaired) electrons. The van der Waals surface area contributed by atoms with Crippen LogP contribution in [0.5, 0.6) is 11.5 Å². The lowest BCUT2D eigenvalue weighted by atomic mass is 10.2. The fourth-order valence-electron chi connectivity index (χ4n) is 1.61. The molecule has 18 heavy (non-hydrogen) atoms. The summed E-state index contributed by atoms with van der Waals surface area (Å²) in [7, 11) is 0. The lowest BCUT2D eigenvalue weighted by molar-refractivity contribution is 0.112. The van der Waals surface area contributed by atoms with Crippen LogP contribution in [0.25, 0.3) is 0 Å². The highest BCUT2D eigenvalue weighted by atomic mass is 35.5. The van der Waals surface area contributed by atoms with Crippen LogP contribution in [0.2, 0.25) is 5.02 Å². The van der Waals surface area contributed by atoms with E-state index in [9.17, 15) is 4.79 Å². The number of rotatable bonds is 4. The SMILES string of the molecule is CCc1ccc(Oc2cc(Cl)ccc2C=O)cc1. The first-order valence-electron chi connectivity index (χ1n) is 5.74. The van der Waals surface area contributed by atoms with E-state index >= 15 is 0 Å². The average molecular weight is 261 g/mol. The maximum absolute atomic E-state index is 10.9. The first-order chi connectivity index (χ1) is 8.72. The van der Waals surface area contributed by atoms with Crippen LogP contribution < -0.4 is 4.74 Å². The second-order valence-corrected chi connectivity index (χ2v) is 4.34. The standard InChI is InChI=1S/C15H13ClO2/c1-2-11-3-7-14(8-4-11)18-15-9-13(16)6-5-12(15)10-17/h3-10H,2H2,1H3. The third kappa shape index (κ3) is 2.90. The zero-order valence-corrected chi connectivity index (χ0v) is 10.8. The second-order valence-electron chi connectivity index (χ2n) is 3.90. The van der Waals surface area contributed by atoms with Crippen molar-refractivity contribution < 1.29 is 9.53 Å². The van der Waals surface area contributed by atoms with E-state index in [2.05, 4.69) is 6.92 Å². The number of hydrogen-bond acceptors (Lipinski definition) is 2. The van der Waals surface area contributed by atoms with E-state index in [1.165, 1.54) is 5.56 Å². The van der Waals surface area contributed by atoms with E-state index in [0.29, 0.717) is 22.1 Å². The first kappa shape index (κ1) is 12.7. The smallest absolute Gasteiger partial charge is 0.153 e. The molecule has 0 unspecified atom stereocenters. The molecule has 0 saturated heterocycles. The minimum atomic E-state index is 0.474. The highest BCUT2D eigenvalue weighted by Crippen LogP contribution is 2.27. The van der Waals surface area contributed by atoms with Gasteiger partial charge in [0.15, 0.2) is 6.29 Å². The molecule has 0 fully saturated rings. The summed E-state index contributed by atoms with van der Waals surface area (Å²) >= 11 is 5.89. The average Bonchev–Trinajstić information content (AvgIpc) is 2.40. The molecule has 0 aliphatic heterocycles. The zero-order valence-electron chi connectivity index (χ0n) is 10.0. The molecule has 2 aromatic carbocycles. The van der Waals surface area contributed by atoms with Gasteiger partial charge in [-0.1, -0.05) is 30.7 Å². The Morgan fingerprint density at radius 3 is 2.50 bits per heavy atom. The van der Waals surface area contributed by atoms with Crippen LogP contribution >= 0.6 is 11.6 Å². The van der Waals surface area contributed by atoms with Gasteiger partial charge >= 0.3 is 0 Å². The van der Waals surface area contributed by atoms with E-state index < -0.39 is 0 Å². The fraction of sp³-hybridized carbons (Fsp3) is 0.133. The summed E-state index contributed by atoms with van der Waals surface area (Å²) in [5.41, 5.74) is 1.73. The summed E-state index contributed by atoms with van der Waals surface area (Å²) in [5.74, 6) is 1.17. The Labute approximate surface area is 111 Å². The van der Waals surface area contributed by atoms with Crippen molar-refractivity contribution in [1.29, 1.82) is 0 Å². The lowest BCUT2D eigenvalue weighted by Crippen LogP contribution is -1.90. The van der Waals surface area contributed by atoms with Gasteiger partial charge in [0.2, 0.25) is 0 Å². The number of halogens is 1. The van der Waals surface area contributed by atoms with Gasteiger partial charge in [0.1, 0.15) is 11.5 Å². The summed E-state index contributed by atoms with van der Waals surface area (Å²) in [6, 6.07) is 12.7. The van der Waals surface area contributed by atoms with Gasteiger partial charge in [-0.25, -0.2) is 0 Å². The van der Waals surface area contributed by atoms with Crippen molar-refractivity contribution in [3.05, 3.63) is 58.6 Å². The number of carbonyl (C=O) groups is 1. The normalized spacial score (nSPS) is 10.1. The summed E-state index contributed by atoms with van der Waals surface area (Å²) in [4.78, 5) is 10.9. The van der Waals surface area contributed by atoms with Crippen LogP contribution in [0.1, 0.15) is 22.8 Å². The molecule has 92 valence electrons. The van der Waals surface area contributed by atoms with E-state index in [1.54, 1.807) is 18.2 Å². The van der Waals surface area contributed by atoms with Gasteiger partial charge in [-0.3, -0.25) is 4.79 Å². The Morgan fingerprint density at radius 1 is 1.17 bits per heavy atom. The Morgan fingerprint density at radius 2 is 1.89 bits per heavy atom. The molecule has 0 atom stereocenters. The van der Waals surface area contributed by atoms with E-state index in [1.807, 2.05) is 24.3 Å². The molecule has 2 nitrogen and oxygen atoms in total. The third-order valence-electron chi connectivity index (χ3n) is 2.66. The van der Waals surface area contributed by atoms with Crippen LogP contribution in [0.4, 0.5) is 0 Å². The molecule has 2 rings (SSSR count). The lowest BCUT2D eigenvalue weighted by Gasteiger charge is -2.08. The summed E-state index contributed by atoms with van der Waals surface area (Å²) in [6.45, 7) is 2.09. The third-order valence-corrected chi connectivity index (χ3v) is 2.90. The van der Waals surface area contributed by atoms with Gasteiger partial charge in [-0.05, 0) is 36.2 Å². The summed E-state index contributed by atoms with van der Waals surface area (Å²) in [6.07, 6.45) is 1.74. The minimum Gasteiger partial charge on any atom is -0.457 e. The maximum Gasteiger partial charge on any atom is 0.153 e. The largest absolute Gasteiger partial charge is 0.457 e. The predicted octanol–water partition coefficient (Wildman–Crippen LogP) is 4.51. The molecule has 0 bridgehead atoms. The van der Waals surface area contributed by atoms with Crippen molar-refractivity contribution >= 4 is 17.9 Å². The van der Waals surface area contributed by atoms with Crippen LogP contribution in [-0.4, -0.2) is 6.29 Å². The zero-order chi connectivity index (χ0) is 13.0. The van der Waals surface area contributed by atoms with Crippen molar-refractivity contribution in [2.75, 3.05) is 0 Å². The van der Waals surface area contributed by atoms with Crippen molar-refractivity contribution in [1.82, 2.24) is 0 Å². The molecular weight excluding hydrogens is 248 g/mol. The number of aldehydes is 1. The first-order valence-corrected chi connectivity index (χ1v) is 6.12. The van der Waals surface area contributed by atoms with Gasteiger partial charge in [-0.2, -0.15) is 0 Å². The monoisotopic (exact) mass is 260 g/mol. The van der Waals surface area contributed by atoms with Gasteiger partial charge in [-0.15, -0.1) is 0 Å².